The zero-order valence-electron chi connectivity index (χ0n) is 12.0. The van der Waals surface area contributed by atoms with Gasteiger partial charge in [0.25, 0.3) is 0 Å². The zero-order chi connectivity index (χ0) is 15.2. The van der Waals surface area contributed by atoms with E-state index in [1.807, 2.05) is 34.9 Å². The molecule has 8 heteroatoms. The fourth-order valence-corrected chi connectivity index (χ4v) is 2.61. The van der Waals surface area contributed by atoms with Crippen molar-refractivity contribution < 1.29 is 9.15 Å². The summed E-state index contributed by atoms with van der Waals surface area (Å²) in [6.45, 7) is 1.33. The van der Waals surface area contributed by atoms with Crippen LogP contribution in [0.25, 0.3) is 11.5 Å². The molecule has 3 aromatic rings. The predicted octanol–water partition coefficient (Wildman–Crippen LogP) is 2.27. The van der Waals surface area contributed by atoms with E-state index < -0.39 is 0 Å². The van der Waals surface area contributed by atoms with Gasteiger partial charge in [0.05, 0.1) is 12.4 Å². The number of hydrogen-bond acceptors (Lipinski definition) is 7. The molecule has 0 bridgehead atoms. The minimum absolute atomic E-state index is 0.525. The van der Waals surface area contributed by atoms with Crippen LogP contribution in [0.5, 0.6) is 0 Å². The summed E-state index contributed by atoms with van der Waals surface area (Å²) in [5, 5.41) is 16.9. The molecule has 2 heterocycles. The summed E-state index contributed by atoms with van der Waals surface area (Å²) in [5.74, 6) is 1.63. The Morgan fingerprint density at radius 3 is 2.86 bits per heavy atom. The molecule has 0 unspecified atom stereocenters. The van der Waals surface area contributed by atoms with E-state index in [-0.39, 0.29) is 0 Å². The number of aromatic nitrogens is 5. The number of rotatable bonds is 7. The lowest BCUT2D eigenvalue weighted by Crippen LogP contribution is -2.04. The van der Waals surface area contributed by atoms with Gasteiger partial charge in [-0.3, -0.25) is 0 Å². The topological polar surface area (TPSA) is 78.9 Å². The number of thioether (sulfide) groups is 1. The second kappa shape index (κ2) is 7.19. The summed E-state index contributed by atoms with van der Waals surface area (Å²) in [5.41, 5.74) is 0.912. The third kappa shape index (κ3) is 3.52. The van der Waals surface area contributed by atoms with Crippen LogP contribution in [0.2, 0.25) is 0 Å². The summed E-state index contributed by atoms with van der Waals surface area (Å²) >= 11 is 1.50. The van der Waals surface area contributed by atoms with Crippen LogP contribution < -0.4 is 0 Å². The molecular weight excluding hydrogens is 302 g/mol. The van der Waals surface area contributed by atoms with E-state index in [4.69, 9.17) is 9.15 Å². The summed E-state index contributed by atoms with van der Waals surface area (Å²) < 4.78 is 12.7. The second-order valence-corrected chi connectivity index (χ2v) is 5.40. The van der Waals surface area contributed by atoms with Gasteiger partial charge in [-0.1, -0.05) is 30.0 Å². The predicted molar refractivity (Wildman–Crippen MR) is 81.2 cm³/mol. The maximum atomic E-state index is 5.66. The summed E-state index contributed by atoms with van der Waals surface area (Å²) in [7, 11) is 1.67. The molecule has 0 aliphatic rings. The molecule has 0 spiro atoms. The van der Waals surface area contributed by atoms with E-state index >= 15 is 0 Å². The Labute approximate surface area is 131 Å². The van der Waals surface area contributed by atoms with E-state index in [1.54, 1.807) is 13.4 Å². The van der Waals surface area contributed by atoms with Crippen LogP contribution in [0.4, 0.5) is 0 Å². The number of ether oxygens (including phenoxy) is 1. The Balaban J connectivity index is 1.63. The molecule has 114 valence electrons. The molecule has 22 heavy (non-hydrogen) atoms. The molecule has 0 fully saturated rings. The van der Waals surface area contributed by atoms with Gasteiger partial charge in [-0.2, -0.15) is 0 Å². The molecule has 0 N–H and O–H groups in total. The quantitative estimate of drug-likeness (QED) is 0.618. The Morgan fingerprint density at radius 2 is 2.05 bits per heavy atom. The molecule has 0 saturated heterocycles. The van der Waals surface area contributed by atoms with Gasteiger partial charge in [-0.15, -0.1) is 20.4 Å². The lowest BCUT2D eigenvalue weighted by molar-refractivity contribution is 0.184. The molecule has 0 radical (unpaired) electrons. The molecular formula is C14H15N5O2S. The van der Waals surface area contributed by atoms with Crippen molar-refractivity contribution in [3.63, 3.8) is 0 Å². The van der Waals surface area contributed by atoms with Crippen LogP contribution in [-0.4, -0.2) is 38.7 Å². The van der Waals surface area contributed by atoms with Gasteiger partial charge >= 0.3 is 0 Å². The first kappa shape index (κ1) is 14.7. The highest BCUT2D eigenvalue weighted by molar-refractivity contribution is 7.98. The maximum Gasteiger partial charge on any atom is 0.247 e. The number of nitrogens with zero attached hydrogens (tertiary/aromatic N) is 5. The monoisotopic (exact) mass is 317 g/mol. The van der Waals surface area contributed by atoms with Crippen molar-refractivity contribution in [3.8, 4) is 11.5 Å². The van der Waals surface area contributed by atoms with Crippen molar-refractivity contribution >= 4 is 11.8 Å². The van der Waals surface area contributed by atoms with Crippen molar-refractivity contribution in [1.82, 2.24) is 25.0 Å². The van der Waals surface area contributed by atoms with Crippen molar-refractivity contribution in [2.45, 2.75) is 17.5 Å². The summed E-state index contributed by atoms with van der Waals surface area (Å²) in [6.07, 6.45) is 1.69. The second-order valence-electron chi connectivity index (χ2n) is 4.46. The molecule has 7 nitrogen and oxygen atoms in total. The first-order chi connectivity index (χ1) is 10.9. The van der Waals surface area contributed by atoms with Crippen LogP contribution in [-0.2, 0) is 17.0 Å². The van der Waals surface area contributed by atoms with Crippen LogP contribution in [0, 0.1) is 0 Å². The molecule has 0 atom stereocenters. The van der Waals surface area contributed by atoms with Crippen molar-refractivity contribution in [3.05, 3.63) is 42.5 Å². The number of methoxy groups -OCH3 is 1. The largest absolute Gasteiger partial charge is 0.420 e. The molecule has 0 aliphatic carbocycles. The van der Waals surface area contributed by atoms with Crippen LogP contribution >= 0.6 is 11.8 Å². The Kier molecular flexibility index (Phi) is 4.81. The van der Waals surface area contributed by atoms with E-state index in [0.717, 1.165) is 10.7 Å². The van der Waals surface area contributed by atoms with Gasteiger partial charge in [-0.05, 0) is 12.1 Å². The average molecular weight is 317 g/mol. The summed E-state index contributed by atoms with van der Waals surface area (Å²) in [4.78, 5) is 0. The normalized spacial score (nSPS) is 11.0. The minimum atomic E-state index is 0.525. The van der Waals surface area contributed by atoms with Gasteiger partial charge in [0.2, 0.25) is 11.8 Å². The van der Waals surface area contributed by atoms with E-state index in [0.29, 0.717) is 30.7 Å². The fraction of sp³-hybridized carbons (Fsp3) is 0.286. The Bertz CT molecular complexity index is 713. The third-order valence-electron chi connectivity index (χ3n) is 2.93. The van der Waals surface area contributed by atoms with Crippen LogP contribution in [0.3, 0.4) is 0 Å². The van der Waals surface area contributed by atoms with Gasteiger partial charge in [0.15, 0.2) is 5.16 Å². The molecule has 0 aliphatic heterocycles. The third-order valence-corrected chi connectivity index (χ3v) is 3.89. The highest BCUT2D eigenvalue weighted by Crippen LogP contribution is 2.23. The van der Waals surface area contributed by atoms with E-state index in [1.165, 1.54) is 11.8 Å². The van der Waals surface area contributed by atoms with E-state index in [2.05, 4.69) is 20.4 Å². The lowest BCUT2D eigenvalue weighted by atomic mass is 10.2. The highest BCUT2D eigenvalue weighted by atomic mass is 32.2. The van der Waals surface area contributed by atoms with Crippen LogP contribution in [0.15, 0.2) is 46.2 Å². The van der Waals surface area contributed by atoms with Gasteiger partial charge in [0.1, 0.15) is 6.33 Å². The first-order valence-corrected chi connectivity index (χ1v) is 7.72. The molecule has 0 saturated carbocycles. The van der Waals surface area contributed by atoms with E-state index in [9.17, 15) is 0 Å². The average Bonchev–Trinajstić information content (AvgIpc) is 3.21. The smallest absolute Gasteiger partial charge is 0.247 e. The molecule has 2 aromatic heterocycles. The van der Waals surface area contributed by atoms with Gasteiger partial charge < -0.3 is 13.7 Å². The SMILES string of the molecule is COCCn1cnnc1SCc1nnc(-c2ccccc2)o1. The first-order valence-electron chi connectivity index (χ1n) is 6.74. The lowest BCUT2D eigenvalue weighted by Gasteiger charge is -2.03. The van der Waals surface area contributed by atoms with Crippen molar-refractivity contribution in [2.24, 2.45) is 0 Å². The fourth-order valence-electron chi connectivity index (χ4n) is 1.83. The number of benzene rings is 1. The molecule has 3 rings (SSSR count). The highest BCUT2D eigenvalue weighted by Gasteiger charge is 2.11. The maximum absolute atomic E-state index is 5.66. The van der Waals surface area contributed by atoms with Gasteiger partial charge in [0, 0.05) is 19.2 Å². The zero-order valence-corrected chi connectivity index (χ0v) is 12.9. The molecule has 1 aromatic carbocycles. The Hall–Kier alpha value is -2.19. The number of hydrogen-bond donors (Lipinski definition) is 0. The standard InChI is InChI=1S/C14H15N5O2S/c1-20-8-7-19-10-15-18-14(19)22-9-12-16-17-13(21-12)11-5-3-2-4-6-11/h2-6,10H,7-9H2,1H3. The minimum Gasteiger partial charge on any atom is -0.420 e. The van der Waals surface area contributed by atoms with Gasteiger partial charge in [-0.25, -0.2) is 0 Å². The summed E-state index contributed by atoms with van der Waals surface area (Å²) in [6, 6.07) is 9.69. The van der Waals surface area contributed by atoms with Crippen LogP contribution in [0.1, 0.15) is 5.89 Å². The molecule has 0 amide bonds. The van der Waals surface area contributed by atoms with Crippen molar-refractivity contribution in [2.75, 3.05) is 13.7 Å². The Morgan fingerprint density at radius 1 is 1.18 bits per heavy atom. The van der Waals surface area contributed by atoms with Crippen molar-refractivity contribution in [1.29, 1.82) is 0 Å².